The molecule has 4 rings (SSSR count). The van der Waals surface area contributed by atoms with E-state index >= 15 is 0 Å². The lowest BCUT2D eigenvalue weighted by Crippen LogP contribution is -2.30. The number of aromatic nitrogens is 4. The summed E-state index contributed by atoms with van der Waals surface area (Å²) in [7, 11) is 0. The first-order chi connectivity index (χ1) is 14.9. The summed E-state index contributed by atoms with van der Waals surface area (Å²) in [6, 6.07) is 7.56. The molecule has 0 amide bonds. The van der Waals surface area contributed by atoms with Crippen molar-refractivity contribution in [2.24, 2.45) is 5.92 Å². The lowest BCUT2D eigenvalue weighted by molar-refractivity contribution is -0.154. The van der Waals surface area contributed by atoms with E-state index < -0.39 is 12.3 Å². The fraction of sp³-hybridized carbons (Fsp3) is 0.429. The van der Waals surface area contributed by atoms with Gasteiger partial charge in [-0.25, -0.2) is 4.68 Å². The van der Waals surface area contributed by atoms with Crippen LogP contribution in [-0.4, -0.2) is 37.9 Å². The molecule has 164 valence electrons. The highest BCUT2D eigenvalue weighted by atomic mass is 35.5. The van der Waals surface area contributed by atoms with Crippen molar-refractivity contribution in [3.63, 3.8) is 0 Å². The number of carbonyl (C=O) groups is 1. The molecule has 10 heteroatoms. The first-order valence-electron chi connectivity index (χ1n) is 10.1. The SMILES string of the molecule is CC[C@H]1O[C@@H](n2ncc3c(NCc4ccccc4Cl)nc(Cl)nc32)[C@H](OC(C)=O)[C@@H]1C. The number of hydrogen-bond donors (Lipinski definition) is 1. The standard InChI is InChI=1S/C21H23Cl2N5O3/c1-4-16-11(2)17(30-12(3)29)20(31-16)28-19-14(10-25-28)18(26-21(23)27-19)24-9-13-7-5-6-8-15(13)22/h5-8,10-11,16-17,20H,4,9H2,1-3H3,(H,24,26,27)/t11-,16-,17-,20-/m1/s1. The van der Waals surface area contributed by atoms with Crippen molar-refractivity contribution in [3.8, 4) is 0 Å². The molecule has 3 heterocycles. The highest BCUT2D eigenvalue weighted by Crippen LogP contribution is 2.39. The van der Waals surface area contributed by atoms with Gasteiger partial charge in [-0.1, -0.05) is 43.6 Å². The second kappa shape index (κ2) is 8.98. The molecule has 1 N–H and O–H groups in total. The number of esters is 1. The van der Waals surface area contributed by atoms with Crippen LogP contribution in [0.3, 0.4) is 0 Å². The average Bonchev–Trinajstić information content (AvgIpc) is 3.28. The second-order valence-electron chi connectivity index (χ2n) is 7.52. The summed E-state index contributed by atoms with van der Waals surface area (Å²) >= 11 is 12.5. The fourth-order valence-electron chi connectivity index (χ4n) is 3.91. The quantitative estimate of drug-likeness (QED) is 0.421. The third kappa shape index (κ3) is 4.33. The maximum atomic E-state index is 11.7. The number of nitrogens with one attached hydrogen (secondary N) is 1. The number of nitrogens with zero attached hydrogens (tertiary/aromatic N) is 4. The van der Waals surface area contributed by atoms with E-state index in [1.54, 1.807) is 10.9 Å². The van der Waals surface area contributed by atoms with Gasteiger partial charge < -0.3 is 14.8 Å². The zero-order valence-corrected chi connectivity index (χ0v) is 18.9. The molecule has 31 heavy (non-hydrogen) atoms. The Morgan fingerprint density at radius 2 is 2.06 bits per heavy atom. The van der Waals surface area contributed by atoms with Crippen LogP contribution < -0.4 is 5.32 Å². The van der Waals surface area contributed by atoms with Gasteiger partial charge in [0.2, 0.25) is 5.28 Å². The van der Waals surface area contributed by atoms with E-state index in [2.05, 4.69) is 20.4 Å². The van der Waals surface area contributed by atoms with Gasteiger partial charge in [-0.3, -0.25) is 4.79 Å². The van der Waals surface area contributed by atoms with Crippen LogP contribution in [0, 0.1) is 5.92 Å². The topological polar surface area (TPSA) is 91.2 Å². The lowest BCUT2D eigenvalue weighted by Gasteiger charge is -2.21. The van der Waals surface area contributed by atoms with Crippen LogP contribution in [-0.2, 0) is 20.8 Å². The van der Waals surface area contributed by atoms with Gasteiger partial charge in [0, 0.05) is 24.4 Å². The van der Waals surface area contributed by atoms with Crippen LogP contribution in [0.2, 0.25) is 10.3 Å². The minimum absolute atomic E-state index is 0.00766. The van der Waals surface area contributed by atoms with E-state index in [9.17, 15) is 4.79 Å². The van der Waals surface area contributed by atoms with Crippen molar-refractivity contribution < 1.29 is 14.3 Å². The number of hydrogen-bond acceptors (Lipinski definition) is 7. The Morgan fingerprint density at radius 3 is 2.77 bits per heavy atom. The summed E-state index contributed by atoms with van der Waals surface area (Å²) in [6.45, 7) is 5.88. The molecule has 0 unspecified atom stereocenters. The summed E-state index contributed by atoms with van der Waals surface area (Å²) in [6.07, 6.45) is 1.28. The summed E-state index contributed by atoms with van der Waals surface area (Å²) in [5, 5.41) is 9.15. The summed E-state index contributed by atoms with van der Waals surface area (Å²) in [5.41, 5.74) is 1.42. The van der Waals surface area contributed by atoms with Gasteiger partial charge in [0.05, 0.1) is 17.7 Å². The molecular formula is C21H23Cl2N5O3. The zero-order chi connectivity index (χ0) is 22.1. The molecule has 2 aromatic heterocycles. The molecule has 0 saturated carbocycles. The summed E-state index contributed by atoms with van der Waals surface area (Å²) in [5.74, 6) is 0.171. The molecule has 4 atom stereocenters. The maximum Gasteiger partial charge on any atom is 0.303 e. The van der Waals surface area contributed by atoms with Gasteiger partial charge in [-0.15, -0.1) is 0 Å². The van der Waals surface area contributed by atoms with Gasteiger partial charge in [0.1, 0.15) is 5.82 Å². The number of benzene rings is 1. The number of anilines is 1. The van der Waals surface area contributed by atoms with E-state index in [0.29, 0.717) is 28.4 Å². The van der Waals surface area contributed by atoms with E-state index in [1.165, 1.54) is 6.92 Å². The van der Waals surface area contributed by atoms with Gasteiger partial charge >= 0.3 is 5.97 Å². The second-order valence-corrected chi connectivity index (χ2v) is 8.26. The van der Waals surface area contributed by atoms with Gasteiger partial charge in [-0.05, 0) is 29.7 Å². The van der Waals surface area contributed by atoms with E-state index in [0.717, 1.165) is 12.0 Å². The average molecular weight is 464 g/mol. The minimum atomic E-state index is -0.608. The molecule has 3 aromatic rings. The molecule has 1 aliphatic rings. The highest BCUT2D eigenvalue weighted by molar-refractivity contribution is 6.31. The van der Waals surface area contributed by atoms with Crippen LogP contribution in [0.5, 0.6) is 0 Å². The molecule has 1 fully saturated rings. The largest absolute Gasteiger partial charge is 0.457 e. The van der Waals surface area contributed by atoms with Crippen LogP contribution in [0.1, 0.15) is 39.0 Å². The monoisotopic (exact) mass is 463 g/mol. The van der Waals surface area contributed by atoms with E-state index in [1.807, 2.05) is 38.1 Å². The molecule has 0 radical (unpaired) electrons. The summed E-state index contributed by atoms with van der Waals surface area (Å²) in [4.78, 5) is 20.4. The third-order valence-corrected chi connectivity index (χ3v) is 6.01. The van der Waals surface area contributed by atoms with Crippen molar-refractivity contribution in [2.75, 3.05) is 5.32 Å². The van der Waals surface area contributed by atoms with Crippen molar-refractivity contribution in [1.82, 2.24) is 19.7 Å². The Balaban J connectivity index is 1.68. The molecule has 1 aromatic carbocycles. The number of halogens is 2. The molecule has 0 bridgehead atoms. The predicted octanol–water partition coefficient (Wildman–Crippen LogP) is 4.62. The Hall–Kier alpha value is -2.42. The van der Waals surface area contributed by atoms with Gasteiger partial charge in [0.25, 0.3) is 0 Å². The Kier molecular flexibility index (Phi) is 6.31. The number of ether oxygens (including phenoxy) is 2. The molecular weight excluding hydrogens is 441 g/mol. The predicted molar refractivity (Wildman–Crippen MR) is 118 cm³/mol. The Labute approximate surface area is 189 Å². The minimum Gasteiger partial charge on any atom is -0.457 e. The number of fused-ring (bicyclic) bond motifs is 1. The van der Waals surface area contributed by atoms with Crippen LogP contribution in [0.15, 0.2) is 30.5 Å². The Morgan fingerprint density at radius 1 is 1.29 bits per heavy atom. The van der Waals surface area contributed by atoms with Crippen molar-refractivity contribution in [2.45, 2.75) is 52.2 Å². The third-order valence-electron chi connectivity index (χ3n) is 5.48. The number of rotatable bonds is 6. The summed E-state index contributed by atoms with van der Waals surface area (Å²) < 4.78 is 13.4. The number of carbonyl (C=O) groups excluding carboxylic acids is 1. The molecule has 1 saturated heterocycles. The normalized spacial score (nSPS) is 23.3. The van der Waals surface area contributed by atoms with Gasteiger partial charge in [-0.2, -0.15) is 15.1 Å². The lowest BCUT2D eigenvalue weighted by atomic mass is 9.98. The molecule has 0 aliphatic carbocycles. The van der Waals surface area contributed by atoms with Crippen molar-refractivity contribution in [1.29, 1.82) is 0 Å². The van der Waals surface area contributed by atoms with Crippen LogP contribution in [0.25, 0.3) is 11.0 Å². The van der Waals surface area contributed by atoms with Crippen LogP contribution in [0.4, 0.5) is 5.82 Å². The maximum absolute atomic E-state index is 11.7. The smallest absolute Gasteiger partial charge is 0.303 e. The van der Waals surface area contributed by atoms with E-state index in [4.69, 9.17) is 32.7 Å². The fourth-order valence-corrected chi connectivity index (χ4v) is 4.28. The van der Waals surface area contributed by atoms with Crippen LogP contribution >= 0.6 is 23.2 Å². The highest BCUT2D eigenvalue weighted by Gasteiger charge is 2.45. The Bertz CT molecular complexity index is 1110. The van der Waals surface area contributed by atoms with Gasteiger partial charge in [0.15, 0.2) is 18.0 Å². The van der Waals surface area contributed by atoms with Crippen molar-refractivity contribution >= 4 is 46.0 Å². The van der Waals surface area contributed by atoms with E-state index in [-0.39, 0.29) is 23.3 Å². The first-order valence-corrected chi connectivity index (χ1v) is 10.8. The first kappa shape index (κ1) is 21.8. The molecule has 0 spiro atoms. The molecule has 1 aliphatic heterocycles. The molecule has 8 nitrogen and oxygen atoms in total. The zero-order valence-electron chi connectivity index (χ0n) is 17.4. The van der Waals surface area contributed by atoms with Crippen molar-refractivity contribution in [3.05, 3.63) is 46.3 Å².